The van der Waals surface area contributed by atoms with Gasteiger partial charge in [0.2, 0.25) is 0 Å². The van der Waals surface area contributed by atoms with Crippen LogP contribution in [0.1, 0.15) is 26.7 Å². The van der Waals surface area contributed by atoms with Crippen LogP contribution in [0.2, 0.25) is 0 Å². The average molecular weight is 167 g/mol. The Kier molecular flexibility index (Phi) is 7.24. The van der Waals surface area contributed by atoms with Crippen LogP contribution in [0.15, 0.2) is 0 Å². The predicted molar refractivity (Wildman–Crippen MR) is 47.5 cm³/mol. The van der Waals surface area contributed by atoms with Crippen LogP contribution in [0.25, 0.3) is 0 Å². The van der Waals surface area contributed by atoms with E-state index < -0.39 is 0 Å². The van der Waals surface area contributed by atoms with Gasteiger partial charge in [0.05, 0.1) is 0 Å². The second-order valence-corrected chi connectivity index (χ2v) is 4.08. The second-order valence-electron chi connectivity index (χ2n) is 2.16. The molecule has 0 aromatic carbocycles. The maximum atomic E-state index is 5.56. The van der Waals surface area contributed by atoms with E-state index in [4.69, 9.17) is 11.6 Å². The molecule has 0 aromatic heterocycles. The normalized spacial score (nSPS) is 13.7. The summed E-state index contributed by atoms with van der Waals surface area (Å²) in [6.45, 7) is 4.45. The van der Waals surface area contributed by atoms with Crippen molar-refractivity contribution in [2.75, 3.05) is 11.6 Å². The minimum Gasteiger partial charge on any atom is -0.159 e. The molecule has 0 heterocycles. The molecule has 0 aromatic rings. The molecule has 1 unspecified atom stereocenters. The van der Waals surface area contributed by atoms with Crippen LogP contribution in [0.5, 0.6) is 0 Å². The molecule has 0 radical (unpaired) electrons. The first kappa shape index (κ1) is 9.64. The Bertz CT molecular complexity index is 56.9. The standard InChI is InChI=1S/C7H15ClS/c1-3-6-9-7(2)4-5-8/h7H,3-6H2,1-2H3. The van der Waals surface area contributed by atoms with E-state index >= 15 is 0 Å². The van der Waals surface area contributed by atoms with Gasteiger partial charge in [0.25, 0.3) is 0 Å². The minimum absolute atomic E-state index is 0.752. The van der Waals surface area contributed by atoms with Crippen LogP contribution in [-0.2, 0) is 0 Å². The van der Waals surface area contributed by atoms with Crippen molar-refractivity contribution in [3.8, 4) is 0 Å². The van der Waals surface area contributed by atoms with Crippen molar-refractivity contribution in [2.45, 2.75) is 31.9 Å². The Balaban J connectivity index is 2.95. The van der Waals surface area contributed by atoms with Crippen LogP contribution < -0.4 is 0 Å². The van der Waals surface area contributed by atoms with Gasteiger partial charge in [-0.3, -0.25) is 0 Å². The zero-order valence-electron chi connectivity index (χ0n) is 6.19. The van der Waals surface area contributed by atoms with Crippen molar-refractivity contribution in [3.63, 3.8) is 0 Å². The largest absolute Gasteiger partial charge is 0.159 e. The molecule has 0 rings (SSSR count). The molecule has 56 valence electrons. The van der Waals surface area contributed by atoms with E-state index in [9.17, 15) is 0 Å². The molecule has 0 nitrogen and oxygen atoms in total. The summed E-state index contributed by atoms with van der Waals surface area (Å²) in [7, 11) is 0. The number of halogens is 1. The molecule has 0 N–H and O–H groups in total. The SMILES string of the molecule is CCCSC(C)CCCl. The van der Waals surface area contributed by atoms with Crippen molar-refractivity contribution in [3.05, 3.63) is 0 Å². The topological polar surface area (TPSA) is 0 Å². The molecule has 0 spiro atoms. The van der Waals surface area contributed by atoms with Gasteiger partial charge in [0, 0.05) is 11.1 Å². The predicted octanol–water partition coefficient (Wildman–Crippen LogP) is 3.15. The van der Waals surface area contributed by atoms with Crippen LogP contribution in [-0.4, -0.2) is 16.9 Å². The van der Waals surface area contributed by atoms with Gasteiger partial charge < -0.3 is 0 Å². The summed E-state index contributed by atoms with van der Waals surface area (Å²) in [6, 6.07) is 0. The van der Waals surface area contributed by atoms with Gasteiger partial charge in [0.15, 0.2) is 0 Å². The highest BCUT2D eigenvalue weighted by Gasteiger charge is 1.98. The quantitative estimate of drug-likeness (QED) is 0.566. The van der Waals surface area contributed by atoms with Crippen molar-refractivity contribution in [1.29, 1.82) is 0 Å². The van der Waals surface area contributed by atoms with Crippen molar-refractivity contribution in [1.82, 2.24) is 0 Å². The fraction of sp³-hybridized carbons (Fsp3) is 1.00. The molecule has 9 heavy (non-hydrogen) atoms. The lowest BCUT2D eigenvalue weighted by atomic mass is 10.4. The van der Waals surface area contributed by atoms with E-state index in [1.54, 1.807) is 0 Å². The number of thioether (sulfide) groups is 1. The number of hydrogen-bond acceptors (Lipinski definition) is 1. The summed E-state index contributed by atoms with van der Waals surface area (Å²) in [5.41, 5.74) is 0. The average Bonchev–Trinajstić information content (AvgIpc) is 1.85. The van der Waals surface area contributed by atoms with E-state index in [0.717, 1.165) is 17.6 Å². The van der Waals surface area contributed by atoms with Crippen LogP contribution in [0.3, 0.4) is 0 Å². The second kappa shape index (κ2) is 6.76. The van der Waals surface area contributed by atoms with Crippen molar-refractivity contribution in [2.24, 2.45) is 0 Å². The molecule has 0 aliphatic carbocycles. The maximum Gasteiger partial charge on any atom is 0.0233 e. The van der Waals surface area contributed by atoms with Crippen molar-refractivity contribution < 1.29 is 0 Å². The van der Waals surface area contributed by atoms with E-state index in [1.165, 1.54) is 12.2 Å². The smallest absolute Gasteiger partial charge is 0.0233 e. The molecule has 0 amide bonds. The highest BCUT2D eigenvalue weighted by atomic mass is 35.5. The van der Waals surface area contributed by atoms with Gasteiger partial charge in [-0.25, -0.2) is 0 Å². The van der Waals surface area contributed by atoms with Crippen LogP contribution in [0, 0.1) is 0 Å². The molecule has 0 bridgehead atoms. The Morgan fingerprint density at radius 2 is 2.22 bits per heavy atom. The van der Waals surface area contributed by atoms with Gasteiger partial charge in [-0.1, -0.05) is 13.8 Å². The monoisotopic (exact) mass is 166 g/mol. The summed E-state index contributed by atoms with van der Waals surface area (Å²) in [5.74, 6) is 2.08. The third-order valence-electron chi connectivity index (χ3n) is 1.12. The Labute approximate surface area is 67.4 Å². The molecule has 0 aliphatic rings. The highest BCUT2D eigenvalue weighted by molar-refractivity contribution is 7.99. The van der Waals surface area contributed by atoms with Gasteiger partial charge in [-0.2, -0.15) is 11.8 Å². The Morgan fingerprint density at radius 1 is 1.56 bits per heavy atom. The summed E-state index contributed by atoms with van der Waals surface area (Å²) >= 11 is 7.58. The lowest BCUT2D eigenvalue weighted by Crippen LogP contribution is -1.97. The Hall–Kier alpha value is 0.640. The zero-order chi connectivity index (χ0) is 7.11. The first-order valence-corrected chi connectivity index (χ1v) is 5.07. The Morgan fingerprint density at radius 3 is 2.67 bits per heavy atom. The van der Waals surface area contributed by atoms with E-state index in [0.29, 0.717) is 0 Å². The van der Waals surface area contributed by atoms with Crippen LogP contribution in [0.4, 0.5) is 0 Å². The molecule has 2 heteroatoms. The molecule has 0 fully saturated rings. The van der Waals surface area contributed by atoms with Gasteiger partial charge >= 0.3 is 0 Å². The molecule has 0 aliphatic heterocycles. The first-order chi connectivity index (χ1) is 4.31. The van der Waals surface area contributed by atoms with E-state index in [1.807, 2.05) is 11.8 Å². The first-order valence-electron chi connectivity index (χ1n) is 3.48. The third kappa shape index (κ3) is 6.53. The number of rotatable bonds is 5. The zero-order valence-corrected chi connectivity index (χ0v) is 7.76. The lowest BCUT2D eigenvalue weighted by molar-refractivity contribution is 0.908. The van der Waals surface area contributed by atoms with Crippen LogP contribution >= 0.6 is 23.4 Å². The number of hydrogen-bond donors (Lipinski definition) is 0. The third-order valence-corrected chi connectivity index (χ3v) is 2.79. The lowest BCUT2D eigenvalue weighted by Gasteiger charge is -2.06. The van der Waals surface area contributed by atoms with Crippen molar-refractivity contribution >= 4 is 23.4 Å². The van der Waals surface area contributed by atoms with E-state index in [-0.39, 0.29) is 0 Å². The van der Waals surface area contributed by atoms with Gasteiger partial charge in [-0.15, -0.1) is 11.6 Å². The summed E-state index contributed by atoms with van der Waals surface area (Å²) in [5, 5.41) is 0.752. The minimum atomic E-state index is 0.752. The van der Waals surface area contributed by atoms with Gasteiger partial charge in [0.1, 0.15) is 0 Å². The fourth-order valence-corrected chi connectivity index (χ4v) is 1.94. The molecular formula is C7H15ClS. The van der Waals surface area contributed by atoms with Gasteiger partial charge in [-0.05, 0) is 18.6 Å². The van der Waals surface area contributed by atoms with E-state index in [2.05, 4.69) is 13.8 Å². The summed E-state index contributed by atoms with van der Waals surface area (Å²) in [6.07, 6.45) is 2.42. The molecular weight excluding hydrogens is 152 g/mol. The molecule has 0 saturated carbocycles. The highest BCUT2D eigenvalue weighted by Crippen LogP contribution is 2.14. The summed E-state index contributed by atoms with van der Waals surface area (Å²) < 4.78 is 0. The maximum absolute atomic E-state index is 5.56. The fourth-order valence-electron chi connectivity index (χ4n) is 0.556. The molecule has 0 saturated heterocycles. The number of alkyl halides is 1. The summed E-state index contributed by atoms with van der Waals surface area (Å²) in [4.78, 5) is 0. The molecule has 1 atom stereocenters.